The highest BCUT2D eigenvalue weighted by atomic mass is 32.1. The molecule has 0 radical (unpaired) electrons. The van der Waals surface area contributed by atoms with Crippen LogP contribution in [0.4, 0.5) is 0 Å². The van der Waals surface area contributed by atoms with E-state index >= 15 is 0 Å². The number of carbonyl (C=O) groups excluding carboxylic acids is 1. The fourth-order valence-electron chi connectivity index (χ4n) is 3.61. The molecule has 6 heteroatoms. The van der Waals surface area contributed by atoms with Gasteiger partial charge in [-0.15, -0.1) is 11.3 Å². The molecule has 29 heavy (non-hydrogen) atoms. The summed E-state index contributed by atoms with van der Waals surface area (Å²) in [6, 6.07) is 15.4. The highest BCUT2D eigenvalue weighted by Gasteiger charge is 2.33. The first kappa shape index (κ1) is 18.0. The Hall–Kier alpha value is -3.09. The maximum absolute atomic E-state index is 12.9. The van der Waals surface area contributed by atoms with E-state index in [2.05, 4.69) is 16.3 Å². The van der Waals surface area contributed by atoms with E-state index in [1.54, 1.807) is 30.6 Å². The second-order valence-corrected chi connectivity index (χ2v) is 8.01. The van der Waals surface area contributed by atoms with Crippen LogP contribution in [-0.2, 0) is 13.1 Å². The third-order valence-corrected chi connectivity index (χ3v) is 5.89. The normalized spacial score (nSPS) is 16.9. The third kappa shape index (κ3) is 3.41. The third-order valence-electron chi connectivity index (χ3n) is 5.03. The summed E-state index contributed by atoms with van der Waals surface area (Å²) in [4.78, 5) is 16.4. The Morgan fingerprint density at radius 3 is 2.97 bits per heavy atom. The van der Waals surface area contributed by atoms with Crippen LogP contribution in [0.3, 0.4) is 0 Å². The van der Waals surface area contributed by atoms with Crippen molar-refractivity contribution in [2.45, 2.75) is 13.1 Å². The molecule has 0 saturated heterocycles. The summed E-state index contributed by atoms with van der Waals surface area (Å²) in [6.45, 7) is 2.00. The quantitative estimate of drug-likeness (QED) is 0.588. The Labute approximate surface area is 172 Å². The Morgan fingerprint density at radius 2 is 2.14 bits per heavy atom. The number of thiophene rings is 1. The van der Waals surface area contributed by atoms with E-state index in [1.165, 1.54) is 4.88 Å². The zero-order chi connectivity index (χ0) is 19.8. The lowest BCUT2D eigenvalue weighted by atomic mass is 10.0. The van der Waals surface area contributed by atoms with Crippen molar-refractivity contribution in [2.75, 3.05) is 13.8 Å². The Morgan fingerprint density at radius 1 is 1.21 bits per heavy atom. The molecule has 0 fully saturated rings. The summed E-state index contributed by atoms with van der Waals surface area (Å²) in [6.07, 6.45) is 1.75. The van der Waals surface area contributed by atoms with Crippen molar-refractivity contribution < 1.29 is 19.0 Å². The van der Waals surface area contributed by atoms with Gasteiger partial charge >= 0.3 is 0 Å². The largest absolute Gasteiger partial charge is 0.497 e. The minimum absolute atomic E-state index is 0.110. The second-order valence-electron chi connectivity index (χ2n) is 6.98. The summed E-state index contributed by atoms with van der Waals surface area (Å²) < 4.78 is 17.2. The fraction of sp³-hybridized carbons (Fsp3) is 0.174. The van der Waals surface area contributed by atoms with Crippen molar-refractivity contribution in [1.82, 2.24) is 4.90 Å². The SMILES string of the molecule is COc1cccc(/C=C2\Oc3c(ccc4c3CN(Cc3cccs3)CO4)C2=O)c1. The number of ketones is 1. The first-order chi connectivity index (χ1) is 14.2. The van der Waals surface area contributed by atoms with Crippen LogP contribution in [0.1, 0.15) is 26.4 Å². The number of benzene rings is 2. The predicted octanol–water partition coefficient (Wildman–Crippen LogP) is 4.73. The van der Waals surface area contributed by atoms with E-state index in [-0.39, 0.29) is 5.78 Å². The van der Waals surface area contributed by atoms with Gasteiger partial charge in [0.1, 0.15) is 24.0 Å². The molecular weight excluding hydrogens is 386 g/mol. The molecule has 0 atom stereocenters. The van der Waals surface area contributed by atoms with Gasteiger partial charge in [-0.25, -0.2) is 0 Å². The van der Waals surface area contributed by atoms with Gasteiger partial charge in [0.2, 0.25) is 5.78 Å². The van der Waals surface area contributed by atoms with Crippen molar-refractivity contribution in [3.63, 3.8) is 0 Å². The second kappa shape index (κ2) is 7.39. The van der Waals surface area contributed by atoms with Gasteiger partial charge in [0.15, 0.2) is 5.76 Å². The summed E-state index contributed by atoms with van der Waals surface area (Å²) in [5.41, 5.74) is 2.36. The van der Waals surface area contributed by atoms with Crippen LogP contribution in [-0.4, -0.2) is 24.5 Å². The minimum Gasteiger partial charge on any atom is -0.497 e. The van der Waals surface area contributed by atoms with Crippen LogP contribution in [0.15, 0.2) is 59.7 Å². The van der Waals surface area contributed by atoms with Gasteiger partial charge in [-0.05, 0) is 47.4 Å². The highest BCUT2D eigenvalue weighted by Crippen LogP contribution is 2.42. The van der Waals surface area contributed by atoms with Gasteiger partial charge < -0.3 is 14.2 Å². The van der Waals surface area contributed by atoms with Crippen molar-refractivity contribution >= 4 is 23.2 Å². The molecule has 5 rings (SSSR count). The molecule has 3 aromatic rings. The molecule has 3 heterocycles. The molecule has 0 N–H and O–H groups in total. The summed E-state index contributed by atoms with van der Waals surface area (Å²) in [5.74, 6) is 2.33. The van der Waals surface area contributed by atoms with Crippen LogP contribution < -0.4 is 14.2 Å². The summed E-state index contributed by atoms with van der Waals surface area (Å²) in [7, 11) is 1.62. The number of Topliss-reactive ketones (excluding diaryl/α,β-unsaturated/α-hetero) is 1. The van der Waals surface area contributed by atoms with Gasteiger partial charge in [-0.1, -0.05) is 18.2 Å². The van der Waals surface area contributed by atoms with Crippen LogP contribution in [0.2, 0.25) is 0 Å². The molecule has 0 aliphatic carbocycles. The van der Waals surface area contributed by atoms with Crippen LogP contribution in [0, 0.1) is 0 Å². The number of nitrogens with zero attached hydrogens (tertiary/aromatic N) is 1. The van der Waals surface area contributed by atoms with E-state index in [9.17, 15) is 4.79 Å². The molecule has 0 amide bonds. The number of allylic oxidation sites excluding steroid dienone is 1. The van der Waals surface area contributed by atoms with E-state index in [1.807, 2.05) is 36.4 Å². The van der Waals surface area contributed by atoms with Gasteiger partial charge in [-0.2, -0.15) is 0 Å². The van der Waals surface area contributed by atoms with E-state index in [0.29, 0.717) is 30.3 Å². The number of ether oxygens (including phenoxy) is 3. The lowest BCUT2D eigenvalue weighted by Gasteiger charge is -2.29. The average Bonchev–Trinajstić information content (AvgIpc) is 3.37. The average molecular weight is 405 g/mol. The summed E-state index contributed by atoms with van der Waals surface area (Å²) in [5, 5.41) is 2.07. The molecule has 0 spiro atoms. The molecule has 5 nitrogen and oxygen atoms in total. The zero-order valence-electron chi connectivity index (χ0n) is 15.9. The molecule has 0 unspecified atom stereocenters. The Bertz CT molecular complexity index is 1100. The first-order valence-corrected chi connectivity index (χ1v) is 10.2. The van der Waals surface area contributed by atoms with Crippen LogP contribution in [0.25, 0.3) is 6.08 Å². The van der Waals surface area contributed by atoms with E-state index in [0.717, 1.165) is 29.2 Å². The molecule has 0 bridgehead atoms. The van der Waals surface area contributed by atoms with Gasteiger partial charge in [0.05, 0.1) is 18.2 Å². The zero-order valence-corrected chi connectivity index (χ0v) is 16.7. The minimum atomic E-state index is -0.110. The monoisotopic (exact) mass is 405 g/mol. The number of fused-ring (bicyclic) bond motifs is 3. The smallest absolute Gasteiger partial charge is 0.231 e. The number of hydrogen-bond donors (Lipinski definition) is 0. The highest BCUT2D eigenvalue weighted by molar-refractivity contribution is 7.09. The molecule has 146 valence electrons. The maximum atomic E-state index is 12.9. The van der Waals surface area contributed by atoms with Crippen LogP contribution >= 0.6 is 11.3 Å². The molecule has 2 aromatic carbocycles. The topological polar surface area (TPSA) is 48.0 Å². The van der Waals surface area contributed by atoms with Crippen molar-refractivity contribution in [2.24, 2.45) is 0 Å². The number of rotatable bonds is 4. The maximum Gasteiger partial charge on any atom is 0.231 e. The first-order valence-electron chi connectivity index (χ1n) is 9.33. The Kier molecular flexibility index (Phi) is 4.58. The van der Waals surface area contributed by atoms with Gasteiger partial charge in [-0.3, -0.25) is 9.69 Å². The number of carbonyl (C=O) groups is 1. The van der Waals surface area contributed by atoms with Crippen LogP contribution in [0.5, 0.6) is 17.2 Å². The van der Waals surface area contributed by atoms with Crippen molar-refractivity contribution in [1.29, 1.82) is 0 Å². The fourth-order valence-corrected chi connectivity index (χ4v) is 4.36. The molecule has 2 aliphatic heterocycles. The Balaban J connectivity index is 1.44. The molecular formula is C23H19NO4S. The standard InChI is InChI=1S/C23H19NO4S/c1-26-16-5-2-4-15(10-16)11-21-22(25)18-7-8-20-19(23(18)28-21)13-24(14-27-20)12-17-6-3-9-29-17/h2-11H,12-14H2,1H3/b21-11-. The molecule has 0 saturated carbocycles. The molecule has 2 aliphatic rings. The number of methoxy groups -OCH3 is 1. The van der Waals surface area contributed by atoms with Crippen molar-refractivity contribution in [3.8, 4) is 17.2 Å². The van der Waals surface area contributed by atoms with E-state index in [4.69, 9.17) is 14.2 Å². The van der Waals surface area contributed by atoms with Gasteiger partial charge in [0.25, 0.3) is 0 Å². The van der Waals surface area contributed by atoms with E-state index < -0.39 is 0 Å². The predicted molar refractivity (Wildman–Crippen MR) is 111 cm³/mol. The van der Waals surface area contributed by atoms with Crippen molar-refractivity contribution in [3.05, 3.63) is 81.2 Å². The summed E-state index contributed by atoms with van der Waals surface area (Å²) >= 11 is 1.73. The lowest BCUT2D eigenvalue weighted by molar-refractivity contribution is 0.0882. The molecule has 1 aromatic heterocycles. The number of hydrogen-bond acceptors (Lipinski definition) is 6. The van der Waals surface area contributed by atoms with Gasteiger partial charge in [0, 0.05) is 18.0 Å². The lowest BCUT2D eigenvalue weighted by Crippen LogP contribution is -2.31.